The SMILES string of the molecule is CCC(CC)C1CN=C(NC(C(=O)OC)C(C)C)S1. The molecule has 2 unspecified atom stereocenters. The molecule has 5 heteroatoms. The van der Waals surface area contributed by atoms with E-state index >= 15 is 0 Å². The van der Waals surface area contributed by atoms with E-state index in [4.69, 9.17) is 4.74 Å². The third kappa shape index (κ3) is 4.41. The third-order valence-corrected chi connectivity index (χ3v) is 4.96. The first kappa shape index (κ1) is 16.3. The fourth-order valence-electron chi connectivity index (χ4n) is 2.29. The summed E-state index contributed by atoms with van der Waals surface area (Å²) in [5.41, 5.74) is 0. The summed E-state index contributed by atoms with van der Waals surface area (Å²) in [6.07, 6.45) is 2.36. The molecule has 0 spiro atoms. The summed E-state index contributed by atoms with van der Waals surface area (Å²) < 4.78 is 4.83. The molecule has 0 aliphatic carbocycles. The van der Waals surface area contributed by atoms with Gasteiger partial charge < -0.3 is 10.1 Å². The van der Waals surface area contributed by atoms with E-state index in [1.165, 1.54) is 20.0 Å². The molecule has 0 saturated heterocycles. The Kier molecular flexibility index (Phi) is 6.69. The number of rotatable bonds is 6. The first-order valence-electron chi connectivity index (χ1n) is 7.08. The number of nitrogens with one attached hydrogen (secondary N) is 1. The predicted molar refractivity (Wildman–Crippen MR) is 81.5 cm³/mol. The molecule has 0 bridgehead atoms. The molecule has 1 aliphatic heterocycles. The molecule has 0 aromatic rings. The Morgan fingerprint density at radius 2 is 2.11 bits per heavy atom. The number of hydrogen-bond acceptors (Lipinski definition) is 5. The normalized spacial score (nSPS) is 20.6. The molecule has 0 fully saturated rings. The lowest BCUT2D eigenvalue weighted by Gasteiger charge is -2.22. The van der Waals surface area contributed by atoms with Crippen LogP contribution in [-0.4, -0.2) is 36.1 Å². The van der Waals surface area contributed by atoms with E-state index in [1.54, 1.807) is 11.8 Å². The number of methoxy groups -OCH3 is 1. The van der Waals surface area contributed by atoms with Crippen molar-refractivity contribution in [2.75, 3.05) is 13.7 Å². The first-order chi connectivity index (χ1) is 9.03. The van der Waals surface area contributed by atoms with Gasteiger partial charge in [-0.05, 0) is 11.8 Å². The number of nitrogens with zero attached hydrogens (tertiary/aromatic N) is 1. The number of thioether (sulfide) groups is 1. The molecule has 4 nitrogen and oxygen atoms in total. The van der Waals surface area contributed by atoms with Crippen molar-refractivity contribution in [3.63, 3.8) is 0 Å². The zero-order chi connectivity index (χ0) is 14.4. The molecule has 0 saturated carbocycles. The molecule has 19 heavy (non-hydrogen) atoms. The minimum atomic E-state index is -0.309. The topological polar surface area (TPSA) is 50.7 Å². The standard InChI is InChI=1S/C14H26N2O2S/c1-6-10(7-2)11-8-15-14(19-11)16-12(9(3)4)13(17)18-5/h9-12H,6-8H2,1-5H3,(H,15,16). The van der Waals surface area contributed by atoms with Crippen molar-refractivity contribution in [1.82, 2.24) is 5.32 Å². The second kappa shape index (κ2) is 7.78. The van der Waals surface area contributed by atoms with Gasteiger partial charge in [-0.3, -0.25) is 4.99 Å². The van der Waals surface area contributed by atoms with Gasteiger partial charge in [0, 0.05) is 5.25 Å². The van der Waals surface area contributed by atoms with E-state index < -0.39 is 0 Å². The van der Waals surface area contributed by atoms with Crippen molar-refractivity contribution in [3.05, 3.63) is 0 Å². The van der Waals surface area contributed by atoms with Gasteiger partial charge in [0.2, 0.25) is 0 Å². The highest BCUT2D eigenvalue weighted by Crippen LogP contribution is 2.30. The summed E-state index contributed by atoms with van der Waals surface area (Å²) in [6, 6.07) is -0.309. The monoisotopic (exact) mass is 286 g/mol. The Labute approximate surface area is 120 Å². The summed E-state index contributed by atoms with van der Waals surface area (Å²) in [5, 5.41) is 4.67. The largest absolute Gasteiger partial charge is 0.467 e. The Bertz CT molecular complexity index is 327. The molecule has 2 atom stereocenters. The Morgan fingerprint density at radius 1 is 1.47 bits per heavy atom. The van der Waals surface area contributed by atoms with Crippen LogP contribution in [0.15, 0.2) is 4.99 Å². The zero-order valence-corrected chi connectivity index (χ0v) is 13.4. The summed E-state index contributed by atoms with van der Waals surface area (Å²) in [4.78, 5) is 16.3. The number of aliphatic imine (C=N–C) groups is 1. The molecule has 1 heterocycles. The van der Waals surface area contributed by atoms with Gasteiger partial charge in [-0.15, -0.1) is 0 Å². The summed E-state index contributed by atoms with van der Waals surface area (Å²) >= 11 is 1.77. The van der Waals surface area contributed by atoms with Gasteiger partial charge in [0.05, 0.1) is 13.7 Å². The minimum Gasteiger partial charge on any atom is -0.467 e. The third-order valence-electron chi connectivity index (χ3n) is 3.65. The Morgan fingerprint density at radius 3 is 2.58 bits per heavy atom. The van der Waals surface area contributed by atoms with Crippen LogP contribution in [0.4, 0.5) is 0 Å². The van der Waals surface area contributed by atoms with Crippen LogP contribution in [0.2, 0.25) is 0 Å². The molecular formula is C14H26N2O2S. The highest BCUT2D eigenvalue weighted by Gasteiger charge is 2.30. The predicted octanol–water partition coefficient (Wildman–Crippen LogP) is 2.68. The number of hydrogen-bond donors (Lipinski definition) is 1. The second-order valence-electron chi connectivity index (χ2n) is 5.27. The molecule has 0 aromatic carbocycles. The number of esters is 1. The van der Waals surface area contributed by atoms with Crippen molar-refractivity contribution in [2.45, 2.75) is 51.8 Å². The Balaban J connectivity index is 2.56. The minimum absolute atomic E-state index is 0.183. The van der Waals surface area contributed by atoms with Crippen LogP contribution in [0.5, 0.6) is 0 Å². The van der Waals surface area contributed by atoms with Gasteiger partial charge in [-0.25, -0.2) is 4.79 Å². The maximum absolute atomic E-state index is 11.7. The van der Waals surface area contributed by atoms with E-state index in [9.17, 15) is 4.79 Å². The number of carbonyl (C=O) groups is 1. The van der Waals surface area contributed by atoms with Crippen LogP contribution in [0.3, 0.4) is 0 Å². The van der Waals surface area contributed by atoms with Crippen LogP contribution in [0, 0.1) is 11.8 Å². The van der Waals surface area contributed by atoms with Gasteiger partial charge in [0.1, 0.15) is 6.04 Å². The van der Waals surface area contributed by atoms with Crippen molar-refractivity contribution in [2.24, 2.45) is 16.8 Å². The van der Waals surface area contributed by atoms with E-state index in [-0.39, 0.29) is 17.9 Å². The number of amidine groups is 1. The van der Waals surface area contributed by atoms with Gasteiger partial charge >= 0.3 is 5.97 Å². The quantitative estimate of drug-likeness (QED) is 0.763. The molecular weight excluding hydrogens is 260 g/mol. The van der Waals surface area contributed by atoms with Crippen molar-refractivity contribution in [1.29, 1.82) is 0 Å². The van der Waals surface area contributed by atoms with Crippen molar-refractivity contribution in [3.8, 4) is 0 Å². The van der Waals surface area contributed by atoms with E-state index in [1.807, 2.05) is 13.8 Å². The zero-order valence-electron chi connectivity index (χ0n) is 12.6. The van der Waals surface area contributed by atoms with Gasteiger partial charge in [-0.2, -0.15) is 0 Å². The highest BCUT2D eigenvalue weighted by atomic mass is 32.2. The van der Waals surface area contributed by atoms with Gasteiger partial charge in [-0.1, -0.05) is 52.3 Å². The molecule has 1 N–H and O–H groups in total. The van der Waals surface area contributed by atoms with Crippen LogP contribution in [0.25, 0.3) is 0 Å². The fourth-order valence-corrected chi connectivity index (χ4v) is 3.65. The number of carbonyl (C=O) groups excluding carboxylic acids is 1. The maximum Gasteiger partial charge on any atom is 0.328 e. The van der Waals surface area contributed by atoms with E-state index in [2.05, 4.69) is 24.2 Å². The highest BCUT2D eigenvalue weighted by molar-refractivity contribution is 8.14. The van der Waals surface area contributed by atoms with E-state index in [0.29, 0.717) is 11.2 Å². The lowest BCUT2D eigenvalue weighted by molar-refractivity contribution is -0.143. The van der Waals surface area contributed by atoms with Gasteiger partial charge in [0.15, 0.2) is 5.17 Å². The lowest BCUT2D eigenvalue weighted by atomic mass is 9.99. The van der Waals surface area contributed by atoms with Crippen molar-refractivity contribution >= 4 is 22.9 Å². The molecule has 1 aliphatic rings. The van der Waals surface area contributed by atoms with Crippen LogP contribution < -0.4 is 5.32 Å². The first-order valence-corrected chi connectivity index (χ1v) is 7.96. The Hall–Kier alpha value is -0.710. The van der Waals surface area contributed by atoms with Crippen LogP contribution in [0.1, 0.15) is 40.5 Å². The molecule has 0 aromatic heterocycles. The van der Waals surface area contributed by atoms with Crippen LogP contribution >= 0.6 is 11.8 Å². The summed E-state index contributed by atoms with van der Waals surface area (Å²) in [7, 11) is 1.43. The average molecular weight is 286 g/mol. The van der Waals surface area contributed by atoms with Crippen molar-refractivity contribution < 1.29 is 9.53 Å². The van der Waals surface area contributed by atoms with E-state index in [0.717, 1.165) is 11.7 Å². The molecule has 0 radical (unpaired) electrons. The number of ether oxygens (including phenoxy) is 1. The lowest BCUT2D eigenvalue weighted by Crippen LogP contribution is -2.43. The van der Waals surface area contributed by atoms with Gasteiger partial charge in [0.25, 0.3) is 0 Å². The fraction of sp³-hybridized carbons (Fsp3) is 0.857. The average Bonchev–Trinajstić information content (AvgIpc) is 2.85. The summed E-state index contributed by atoms with van der Waals surface area (Å²) in [5.74, 6) is 0.663. The van der Waals surface area contributed by atoms with Crippen LogP contribution in [-0.2, 0) is 9.53 Å². The maximum atomic E-state index is 11.7. The summed E-state index contributed by atoms with van der Waals surface area (Å²) in [6.45, 7) is 9.32. The second-order valence-corrected chi connectivity index (χ2v) is 6.50. The molecule has 1 rings (SSSR count). The molecule has 110 valence electrons. The smallest absolute Gasteiger partial charge is 0.328 e. The molecule has 0 amide bonds.